The minimum atomic E-state index is -0.0573. The van der Waals surface area contributed by atoms with Gasteiger partial charge >= 0.3 is 0 Å². The van der Waals surface area contributed by atoms with Crippen LogP contribution in [-0.2, 0) is 4.74 Å². The molecule has 2 aromatic rings. The molecule has 3 heterocycles. The van der Waals surface area contributed by atoms with E-state index in [2.05, 4.69) is 17.1 Å². The first-order chi connectivity index (χ1) is 10.7. The van der Waals surface area contributed by atoms with Crippen LogP contribution in [0.25, 0.3) is 0 Å². The lowest BCUT2D eigenvalue weighted by molar-refractivity contribution is 0.000524. The van der Waals surface area contributed by atoms with Crippen molar-refractivity contribution in [3.05, 3.63) is 35.9 Å². The maximum Gasteiger partial charge on any atom is 0.256 e. The second kappa shape index (κ2) is 5.54. The van der Waals surface area contributed by atoms with Crippen molar-refractivity contribution < 1.29 is 13.7 Å². The lowest BCUT2D eigenvalue weighted by Crippen LogP contribution is -2.23. The van der Waals surface area contributed by atoms with Gasteiger partial charge in [0.2, 0.25) is 0 Å². The van der Waals surface area contributed by atoms with E-state index in [-0.39, 0.29) is 12.0 Å². The highest BCUT2D eigenvalue weighted by molar-refractivity contribution is 5.14. The summed E-state index contributed by atoms with van der Waals surface area (Å²) in [4.78, 5) is 4.59. The Labute approximate surface area is 130 Å². The molecule has 2 fully saturated rings. The van der Waals surface area contributed by atoms with E-state index < -0.39 is 0 Å². The van der Waals surface area contributed by atoms with Crippen LogP contribution in [0.3, 0.4) is 0 Å². The highest BCUT2D eigenvalue weighted by atomic mass is 16.5. The zero-order valence-corrected chi connectivity index (χ0v) is 13.1. The molecule has 0 aromatic carbocycles. The third-order valence-corrected chi connectivity index (χ3v) is 5.29. The predicted octanol–water partition coefficient (Wildman–Crippen LogP) is 4.08. The van der Waals surface area contributed by atoms with Gasteiger partial charge in [-0.05, 0) is 43.7 Å². The molecule has 0 radical (unpaired) electrons. The summed E-state index contributed by atoms with van der Waals surface area (Å²) in [6, 6.07) is 3.81. The molecule has 118 valence electrons. The van der Waals surface area contributed by atoms with Crippen molar-refractivity contribution in [1.29, 1.82) is 0 Å². The van der Waals surface area contributed by atoms with E-state index in [1.54, 1.807) is 6.26 Å². The van der Waals surface area contributed by atoms with Crippen LogP contribution in [0.1, 0.15) is 69.0 Å². The van der Waals surface area contributed by atoms with E-state index in [1.807, 2.05) is 19.1 Å². The fraction of sp³-hybridized carbons (Fsp3) is 0.647. The number of furan rings is 1. The van der Waals surface area contributed by atoms with E-state index in [1.165, 1.54) is 19.3 Å². The molecule has 2 aliphatic rings. The van der Waals surface area contributed by atoms with Crippen molar-refractivity contribution in [3.63, 3.8) is 0 Å². The number of rotatable bonds is 3. The zero-order valence-electron chi connectivity index (χ0n) is 13.1. The van der Waals surface area contributed by atoms with Crippen LogP contribution in [0.4, 0.5) is 0 Å². The van der Waals surface area contributed by atoms with Crippen molar-refractivity contribution in [2.24, 2.45) is 11.8 Å². The summed E-state index contributed by atoms with van der Waals surface area (Å²) in [5, 5.41) is 4.14. The van der Waals surface area contributed by atoms with Crippen molar-refractivity contribution in [3.8, 4) is 0 Å². The van der Waals surface area contributed by atoms with Gasteiger partial charge in [-0.2, -0.15) is 4.98 Å². The van der Waals surface area contributed by atoms with Crippen LogP contribution in [-0.4, -0.2) is 16.2 Å². The molecule has 5 nitrogen and oxygen atoms in total. The zero-order chi connectivity index (χ0) is 15.1. The molecule has 5 heteroatoms. The van der Waals surface area contributed by atoms with Crippen LogP contribution >= 0.6 is 0 Å². The molecule has 0 spiro atoms. The smallest absolute Gasteiger partial charge is 0.256 e. The van der Waals surface area contributed by atoms with Gasteiger partial charge in [0.05, 0.1) is 18.3 Å². The Balaban J connectivity index is 1.54. The largest absolute Gasteiger partial charge is 0.469 e. The van der Waals surface area contributed by atoms with Crippen LogP contribution in [0, 0.1) is 11.8 Å². The minimum Gasteiger partial charge on any atom is -0.469 e. The molecule has 0 amide bonds. The van der Waals surface area contributed by atoms with E-state index in [9.17, 15) is 0 Å². The van der Waals surface area contributed by atoms with Gasteiger partial charge in [-0.15, -0.1) is 0 Å². The molecule has 0 bridgehead atoms. The first-order valence-electron chi connectivity index (χ1n) is 8.26. The summed E-state index contributed by atoms with van der Waals surface area (Å²) in [7, 11) is 0. The molecule has 5 atom stereocenters. The second-order valence-electron chi connectivity index (χ2n) is 6.63. The lowest BCUT2D eigenvalue weighted by atomic mass is 9.79. The van der Waals surface area contributed by atoms with Crippen LogP contribution < -0.4 is 0 Å². The Kier molecular flexibility index (Phi) is 3.53. The summed E-state index contributed by atoms with van der Waals surface area (Å²) < 4.78 is 17.2. The van der Waals surface area contributed by atoms with E-state index >= 15 is 0 Å². The van der Waals surface area contributed by atoms with Gasteiger partial charge in [0, 0.05) is 0 Å². The van der Waals surface area contributed by atoms with E-state index in [0.29, 0.717) is 29.7 Å². The minimum absolute atomic E-state index is 0.00788. The molecular formula is C17H22N2O3. The van der Waals surface area contributed by atoms with Crippen molar-refractivity contribution in [2.75, 3.05) is 0 Å². The highest BCUT2D eigenvalue weighted by Crippen LogP contribution is 2.47. The van der Waals surface area contributed by atoms with Gasteiger partial charge in [0.1, 0.15) is 11.9 Å². The number of ether oxygens (including phenoxy) is 1. The Hall–Kier alpha value is -1.62. The van der Waals surface area contributed by atoms with Gasteiger partial charge in [-0.3, -0.25) is 0 Å². The summed E-state index contributed by atoms with van der Waals surface area (Å²) in [6.07, 6.45) is 6.98. The molecule has 0 N–H and O–H groups in total. The Morgan fingerprint density at radius 3 is 2.91 bits per heavy atom. The molecule has 1 aliphatic carbocycles. The van der Waals surface area contributed by atoms with Crippen LogP contribution in [0.15, 0.2) is 27.3 Å². The number of fused-ring (bicyclic) bond motifs is 1. The third-order valence-electron chi connectivity index (χ3n) is 5.29. The molecule has 1 unspecified atom stereocenters. The number of nitrogens with zero attached hydrogens (tertiary/aromatic N) is 2. The maximum atomic E-state index is 6.23. The number of hydrogen-bond donors (Lipinski definition) is 0. The highest BCUT2D eigenvalue weighted by Gasteiger charge is 2.45. The average molecular weight is 302 g/mol. The average Bonchev–Trinajstić information content (AvgIpc) is 3.27. The molecular weight excluding hydrogens is 280 g/mol. The Morgan fingerprint density at radius 1 is 1.27 bits per heavy atom. The molecule has 22 heavy (non-hydrogen) atoms. The van der Waals surface area contributed by atoms with Gasteiger partial charge in [-0.25, -0.2) is 0 Å². The first-order valence-corrected chi connectivity index (χ1v) is 8.26. The van der Waals surface area contributed by atoms with E-state index in [0.717, 1.165) is 12.2 Å². The molecule has 1 aliphatic heterocycles. The topological polar surface area (TPSA) is 61.3 Å². The standard InChI is InChI=1S/C17H22N2O3/c1-10-12-6-3-4-7-14(12)21-15(10)17-18-16(19-22-17)11(2)13-8-5-9-20-13/h5,8-12,14-15H,3-4,6-7H2,1-2H3/t10-,11?,12+,14+,15+/m0/s1. The maximum absolute atomic E-state index is 6.23. The first kappa shape index (κ1) is 14.0. The molecule has 4 rings (SSSR count). The van der Waals surface area contributed by atoms with Crippen LogP contribution in [0.5, 0.6) is 0 Å². The summed E-state index contributed by atoms with van der Waals surface area (Å²) in [5.41, 5.74) is 0. The normalized spacial score (nSPS) is 32.8. The van der Waals surface area contributed by atoms with Crippen molar-refractivity contribution in [2.45, 2.75) is 57.7 Å². The quantitative estimate of drug-likeness (QED) is 0.855. The molecule has 1 saturated carbocycles. The number of hydrogen-bond acceptors (Lipinski definition) is 5. The summed E-state index contributed by atoms with van der Waals surface area (Å²) in [5.74, 6) is 3.20. The Morgan fingerprint density at radius 2 is 2.14 bits per heavy atom. The van der Waals surface area contributed by atoms with Crippen molar-refractivity contribution in [1.82, 2.24) is 10.1 Å². The third kappa shape index (κ3) is 2.28. The molecule has 2 aromatic heterocycles. The lowest BCUT2D eigenvalue weighted by Gasteiger charge is -2.25. The number of aromatic nitrogens is 2. The van der Waals surface area contributed by atoms with Gasteiger partial charge in [0.25, 0.3) is 5.89 Å². The summed E-state index contributed by atoms with van der Waals surface area (Å²) in [6.45, 7) is 4.27. The predicted molar refractivity (Wildman–Crippen MR) is 79.3 cm³/mol. The SMILES string of the molecule is CC(c1noc([C@@H]2O[C@@H]3CCCC[C@@H]3[C@@H]2C)n1)c1ccco1. The molecule has 1 saturated heterocycles. The van der Waals surface area contributed by atoms with Crippen LogP contribution in [0.2, 0.25) is 0 Å². The van der Waals surface area contributed by atoms with Gasteiger partial charge in [0.15, 0.2) is 5.82 Å². The monoisotopic (exact) mass is 302 g/mol. The fourth-order valence-corrected chi connectivity index (χ4v) is 3.92. The van der Waals surface area contributed by atoms with Crippen molar-refractivity contribution >= 4 is 0 Å². The fourth-order valence-electron chi connectivity index (χ4n) is 3.92. The Bertz CT molecular complexity index is 622. The van der Waals surface area contributed by atoms with Gasteiger partial charge in [-0.1, -0.05) is 24.9 Å². The second-order valence-corrected chi connectivity index (χ2v) is 6.63. The van der Waals surface area contributed by atoms with Gasteiger partial charge < -0.3 is 13.7 Å². The van der Waals surface area contributed by atoms with E-state index in [4.69, 9.17) is 13.7 Å². The summed E-state index contributed by atoms with van der Waals surface area (Å²) >= 11 is 0.